The van der Waals surface area contributed by atoms with Gasteiger partial charge in [-0.05, 0) is 33.1 Å². The monoisotopic (exact) mass is 170 g/mol. The van der Waals surface area contributed by atoms with Gasteiger partial charge in [0.25, 0.3) is 0 Å². The van der Waals surface area contributed by atoms with Crippen LogP contribution in [0.4, 0.5) is 0 Å². The summed E-state index contributed by atoms with van der Waals surface area (Å²) >= 11 is 0. The van der Waals surface area contributed by atoms with Crippen LogP contribution in [0.2, 0.25) is 0 Å². The summed E-state index contributed by atoms with van der Waals surface area (Å²) in [6.07, 6.45) is 1.34. The van der Waals surface area contributed by atoms with Crippen molar-refractivity contribution in [3.05, 3.63) is 6.65 Å². The quantitative estimate of drug-likeness (QED) is 0.425. The molecule has 0 N–H and O–H groups in total. The van der Waals surface area contributed by atoms with Crippen molar-refractivity contribution in [2.24, 2.45) is 0 Å². The Bertz CT molecular complexity index is 125. The van der Waals surface area contributed by atoms with Gasteiger partial charge < -0.3 is 9.80 Å². The van der Waals surface area contributed by atoms with Crippen LogP contribution in [0.5, 0.6) is 0 Å². The standard InChI is InChI=1S/C8H18N2.CO/c1-3-10-6-4-5-9(2)7-8-10;1-2/h3-8H2,1-2H3;. The van der Waals surface area contributed by atoms with Crippen molar-refractivity contribution in [3.8, 4) is 0 Å². The summed E-state index contributed by atoms with van der Waals surface area (Å²) in [5.74, 6) is 0. The van der Waals surface area contributed by atoms with E-state index >= 15 is 0 Å². The molecule has 1 aliphatic rings. The van der Waals surface area contributed by atoms with Gasteiger partial charge in [-0.15, -0.1) is 0 Å². The Hall–Kier alpha value is -0.340. The van der Waals surface area contributed by atoms with Gasteiger partial charge in [-0.25, -0.2) is 0 Å². The Morgan fingerprint density at radius 1 is 1.17 bits per heavy atom. The van der Waals surface area contributed by atoms with Crippen molar-refractivity contribution >= 4 is 0 Å². The number of likely N-dealkylation sites (N-methyl/N-ethyl adjacent to an activating group) is 2. The van der Waals surface area contributed by atoms with Gasteiger partial charge in [-0.2, -0.15) is 0 Å². The van der Waals surface area contributed by atoms with E-state index in [-0.39, 0.29) is 0 Å². The van der Waals surface area contributed by atoms with Crippen molar-refractivity contribution in [2.45, 2.75) is 13.3 Å². The first kappa shape index (κ1) is 11.7. The fourth-order valence-electron chi connectivity index (χ4n) is 1.42. The zero-order chi connectivity index (χ0) is 9.40. The van der Waals surface area contributed by atoms with Gasteiger partial charge in [-0.1, -0.05) is 6.92 Å². The molecule has 0 radical (unpaired) electrons. The molecule has 0 bridgehead atoms. The van der Waals surface area contributed by atoms with E-state index in [0.29, 0.717) is 0 Å². The second-order valence-electron chi connectivity index (χ2n) is 3.09. The van der Waals surface area contributed by atoms with Gasteiger partial charge in [0.1, 0.15) is 0 Å². The van der Waals surface area contributed by atoms with Gasteiger partial charge >= 0.3 is 11.3 Å². The summed E-state index contributed by atoms with van der Waals surface area (Å²) < 4.78 is 7.50. The number of nitrogens with zero attached hydrogens (tertiary/aromatic N) is 2. The molecule has 1 fully saturated rings. The molecule has 3 nitrogen and oxygen atoms in total. The summed E-state index contributed by atoms with van der Waals surface area (Å²) in [6, 6.07) is 0. The Morgan fingerprint density at radius 2 is 1.83 bits per heavy atom. The normalized spacial score (nSPS) is 20.7. The topological polar surface area (TPSA) is 26.4 Å². The number of hydrogen-bond donors (Lipinski definition) is 0. The fraction of sp³-hybridized carbons (Fsp3) is 0.889. The third-order valence-corrected chi connectivity index (χ3v) is 2.26. The Morgan fingerprint density at radius 3 is 2.42 bits per heavy atom. The first-order valence-electron chi connectivity index (χ1n) is 4.44. The van der Waals surface area contributed by atoms with E-state index < -0.39 is 0 Å². The van der Waals surface area contributed by atoms with Crippen LogP contribution >= 0.6 is 0 Å². The van der Waals surface area contributed by atoms with Gasteiger partial charge in [0.2, 0.25) is 0 Å². The Balaban J connectivity index is 0.000000561. The first-order chi connectivity index (χ1) is 5.83. The van der Waals surface area contributed by atoms with Crippen LogP contribution in [0.3, 0.4) is 0 Å². The molecule has 1 aliphatic heterocycles. The summed E-state index contributed by atoms with van der Waals surface area (Å²) in [7, 11) is 2.21. The molecule has 70 valence electrons. The molecule has 0 aromatic heterocycles. The molecule has 0 saturated carbocycles. The third-order valence-electron chi connectivity index (χ3n) is 2.26. The molecule has 1 heterocycles. The van der Waals surface area contributed by atoms with Crippen molar-refractivity contribution in [2.75, 3.05) is 39.8 Å². The molecular weight excluding hydrogens is 152 g/mol. The van der Waals surface area contributed by atoms with Crippen molar-refractivity contribution in [3.63, 3.8) is 0 Å². The third kappa shape index (κ3) is 4.52. The van der Waals surface area contributed by atoms with Gasteiger partial charge in [0, 0.05) is 13.1 Å². The first-order valence-corrected chi connectivity index (χ1v) is 4.44. The number of hydrogen-bond acceptors (Lipinski definition) is 2. The van der Waals surface area contributed by atoms with Crippen LogP contribution in [0.15, 0.2) is 0 Å². The van der Waals surface area contributed by atoms with Crippen LogP contribution in [0.1, 0.15) is 13.3 Å². The molecule has 0 atom stereocenters. The Kier molecular flexibility index (Phi) is 7.11. The second-order valence-corrected chi connectivity index (χ2v) is 3.09. The fourth-order valence-corrected chi connectivity index (χ4v) is 1.42. The summed E-state index contributed by atoms with van der Waals surface area (Å²) in [5, 5.41) is 0. The average Bonchev–Trinajstić information content (AvgIpc) is 2.33. The molecule has 12 heavy (non-hydrogen) atoms. The molecule has 3 heteroatoms. The molecule has 0 aromatic rings. The minimum absolute atomic E-state index is 1.22. The SMILES string of the molecule is CCN1CCCN(C)CC1.[C-]#[O+]. The zero-order valence-corrected chi connectivity index (χ0v) is 8.05. The van der Waals surface area contributed by atoms with E-state index in [1.807, 2.05) is 0 Å². The van der Waals surface area contributed by atoms with E-state index in [0.717, 1.165) is 0 Å². The van der Waals surface area contributed by atoms with E-state index in [4.69, 9.17) is 4.65 Å². The van der Waals surface area contributed by atoms with Crippen LogP contribution in [0.25, 0.3) is 0 Å². The summed E-state index contributed by atoms with van der Waals surface area (Å²) in [5.41, 5.74) is 0. The molecule has 1 saturated heterocycles. The van der Waals surface area contributed by atoms with Crippen LogP contribution in [-0.4, -0.2) is 49.6 Å². The van der Waals surface area contributed by atoms with Crippen LogP contribution < -0.4 is 0 Å². The predicted octanol–water partition coefficient (Wildman–Crippen LogP) is 0.606. The van der Waals surface area contributed by atoms with E-state index in [1.54, 1.807) is 0 Å². The van der Waals surface area contributed by atoms with Crippen LogP contribution in [-0.2, 0) is 4.65 Å². The second kappa shape index (κ2) is 7.32. The van der Waals surface area contributed by atoms with Gasteiger partial charge in [0.05, 0.1) is 0 Å². The molecular formula is C9H18N2O. The summed E-state index contributed by atoms with van der Waals surface area (Å²) in [4.78, 5) is 4.93. The molecule has 1 rings (SSSR count). The maximum atomic E-state index is 7.50. The van der Waals surface area contributed by atoms with E-state index in [1.165, 1.54) is 39.1 Å². The molecule has 0 aliphatic carbocycles. The van der Waals surface area contributed by atoms with Crippen molar-refractivity contribution < 1.29 is 4.65 Å². The maximum absolute atomic E-state index is 7.50. The molecule has 0 unspecified atom stereocenters. The van der Waals surface area contributed by atoms with Crippen molar-refractivity contribution in [1.29, 1.82) is 0 Å². The van der Waals surface area contributed by atoms with Crippen molar-refractivity contribution in [1.82, 2.24) is 9.80 Å². The minimum atomic E-state index is 1.22. The van der Waals surface area contributed by atoms with E-state index in [9.17, 15) is 0 Å². The van der Waals surface area contributed by atoms with E-state index in [2.05, 4.69) is 30.4 Å². The van der Waals surface area contributed by atoms with Crippen LogP contribution in [0, 0.1) is 6.65 Å². The van der Waals surface area contributed by atoms with Gasteiger partial charge in [0.15, 0.2) is 0 Å². The van der Waals surface area contributed by atoms with Gasteiger partial charge in [-0.3, -0.25) is 0 Å². The predicted molar refractivity (Wildman–Crippen MR) is 48.2 cm³/mol. The molecule has 0 aromatic carbocycles. The molecule has 0 amide bonds. The molecule has 0 spiro atoms. The number of rotatable bonds is 1. The summed E-state index contributed by atoms with van der Waals surface area (Å²) in [6.45, 7) is 13.0. The Labute approximate surface area is 75.1 Å². The average molecular weight is 170 g/mol. The zero-order valence-electron chi connectivity index (χ0n) is 8.05.